The molecule has 6 atom stereocenters. The molecule has 1 aromatic heterocycles. The van der Waals surface area contributed by atoms with E-state index in [-0.39, 0.29) is 56.2 Å². The van der Waals surface area contributed by atoms with Gasteiger partial charge in [-0.1, -0.05) is 43.7 Å². The third kappa shape index (κ3) is 12.8. The van der Waals surface area contributed by atoms with Crippen LogP contribution in [0.25, 0.3) is 0 Å². The van der Waals surface area contributed by atoms with Crippen LogP contribution in [0.2, 0.25) is 0 Å². The zero-order chi connectivity index (χ0) is 38.7. The number of aliphatic hydroxyl groups excluding tert-OH is 1. The number of fused-ring (bicyclic) bond motifs is 3. The minimum absolute atomic E-state index is 0.0490. The zero-order valence-electron chi connectivity index (χ0n) is 29.3. The molecule has 0 aliphatic carbocycles. The monoisotopic (exact) mass is 750 g/mol. The van der Waals surface area contributed by atoms with Crippen molar-refractivity contribution in [2.45, 2.75) is 77.2 Å². The maximum atomic E-state index is 14.8. The lowest BCUT2D eigenvalue weighted by Crippen LogP contribution is -2.44. The topological polar surface area (TPSA) is 170 Å². The Hall–Kier alpha value is -5.19. The molecule has 1 aromatic carbocycles. The van der Waals surface area contributed by atoms with Gasteiger partial charge in [0.15, 0.2) is 11.6 Å². The molecule has 1 saturated heterocycles. The molecule has 0 unspecified atom stereocenters. The highest BCUT2D eigenvalue weighted by molar-refractivity contribution is 5.95. The summed E-state index contributed by atoms with van der Waals surface area (Å²) in [7, 11) is 0. The summed E-state index contributed by atoms with van der Waals surface area (Å²) in [5.41, 5.74) is 0.637. The molecule has 1 fully saturated rings. The molecule has 3 heterocycles. The van der Waals surface area contributed by atoms with Gasteiger partial charge in [0.05, 0.1) is 19.1 Å². The number of nitrogens with one attached hydrogen (secondary N) is 2. The second-order valence-corrected chi connectivity index (χ2v) is 12.8. The Kier molecular flexibility index (Phi) is 14.2. The molecule has 2 aliphatic rings. The number of halogens is 4. The van der Waals surface area contributed by atoms with Crippen molar-refractivity contribution in [2.24, 2.45) is 11.8 Å². The number of aromatic nitrogens is 1. The van der Waals surface area contributed by atoms with Crippen LogP contribution in [0.15, 0.2) is 70.9 Å². The number of amides is 3. The fourth-order valence-electron chi connectivity index (χ4n) is 5.83. The minimum atomic E-state index is -4.88. The standard InChI is InChI=1S/C36H42F4N4O9/c1-21-6-4-14-41-30(46)13-8-22(2)32(23(3)19-51-35(49)42-25-9-11-27(12-10-25)53-36(38,39)40)52-34(48)29-7-5-15-44(29)33(47)28-20-50-31(43-28)18-24(37)17-26(45)16-21/h4,6,8-13,16,20,22-24,26,29,32,45H,5,7,14-15,17-19H2,1-3H3,(H,41,46)(H,42,49)/b6-4+,13-8+,21-16+/t22-,23+,24-,26-,29-,32+/m1/s1. The van der Waals surface area contributed by atoms with Crippen LogP contribution in [-0.2, 0) is 25.5 Å². The summed E-state index contributed by atoms with van der Waals surface area (Å²) in [6.45, 7) is 5.12. The summed E-state index contributed by atoms with van der Waals surface area (Å²) in [5.74, 6) is -3.60. The Morgan fingerprint density at radius 2 is 1.92 bits per heavy atom. The number of ether oxygens (including phenoxy) is 3. The minimum Gasteiger partial charge on any atom is -0.460 e. The molecule has 3 amide bonds. The van der Waals surface area contributed by atoms with Crippen LogP contribution in [0.5, 0.6) is 5.75 Å². The fourth-order valence-corrected chi connectivity index (χ4v) is 5.83. The summed E-state index contributed by atoms with van der Waals surface area (Å²) in [6, 6.07) is 3.41. The number of allylic oxidation sites excluding steroid dienone is 2. The van der Waals surface area contributed by atoms with E-state index in [1.807, 2.05) is 0 Å². The van der Waals surface area contributed by atoms with Crippen LogP contribution in [0.4, 0.5) is 28.0 Å². The number of aliphatic hydroxyl groups is 1. The molecule has 2 aliphatic heterocycles. The third-order valence-electron chi connectivity index (χ3n) is 8.37. The number of rotatable bonds is 5. The van der Waals surface area contributed by atoms with Gasteiger partial charge >= 0.3 is 18.4 Å². The lowest BCUT2D eigenvalue weighted by molar-refractivity contribution is -0.274. The van der Waals surface area contributed by atoms with Gasteiger partial charge < -0.3 is 34.0 Å². The molecule has 13 nitrogen and oxygen atoms in total. The van der Waals surface area contributed by atoms with Crippen molar-refractivity contribution in [1.82, 2.24) is 15.2 Å². The van der Waals surface area contributed by atoms with E-state index < -0.39 is 72.2 Å². The third-order valence-corrected chi connectivity index (χ3v) is 8.37. The number of cyclic esters (lactones) is 1. The number of anilines is 1. The molecule has 2 aromatic rings. The Labute approximate surface area is 303 Å². The van der Waals surface area contributed by atoms with Crippen molar-refractivity contribution in [3.05, 3.63) is 78.1 Å². The van der Waals surface area contributed by atoms with Crippen LogP contribution in [0, 0.1) is 11.8 Å². The number of alkyl halides is 4. The van der Waals surface area contributed by atoms with E-state index in [2.05, 4.69) is 20.4 Å². The first kappa shape index (κ1) is 40.6. The average molecular weight is 751 g/mol. The number of nitrogens with zero attached hydrogens (tertiary/aromatic N) is 2. The van der Waals surface area contributed by atoms with Crippen LogP contribution >= 0.6 is 0 Å². The molecule has 2 bridgehead atoms. The smallest absolute Gasteiger partial charge is 0.460 e. The molecule has 288 valence electrons. The number of hydrogen-bond donors (Lipinski definition) is 3. The van der Waals surface area contributed by atoms with Crippen LogP contribution in [-0.4, -0.2) is 89.3 Å². The Morgan fingerprint density at radius 3 is 2.64 bits per heavy atom. The van der Waals surface area contributed by atoms with E-state index in [1.165, 1.54) is 35.3 Å². The lowest BCUT2D eigenvalue weighted by Gasteiger charge is -2.30. The Balaban J connectivity index is 1.50. The first-order valence-corrected chi connectivity index (χ1v) is 17.0. The summed E-state index contributed by atoms with van der Waals surface area (Å²) >= 11 is 0. The van der Waals surface area contributed by atoms with Crippen molar-refractivity contribution in [1.29, 1.82) is 0 Å². The van der Waals surface area contributed by atoms with E-state index in [4.69, 9.17) is 13.9 Å². The molecule has 0 radical (unpaired) electrons. The van der Waals surface area contributed by atoms with E-state index in [9.17, 15) is 41.8 Å². The van der Waals surface area contributed by atoms with Crippen molar-refractivity contribution in [3.8, 4) is 5.75 Å². The molecule has 0 spiro atoms. The zero-order valence-corrected chi connectivity index (χ0v) is 29.3. The second-order valence-electron chi connectivity index (χ2n) is 12.8. The highest BCUT2D eigenvalue weighted by Gasteiger charge is 2.39. The van der Waals surface area contributed by atoms with Crippen molar-refractivity contribution in [2.75, 3.05) is 25.0 Å². The van der Waals surface area contributed by atoms with Gasteiger partial charge in [-0.3, -0.25) is 14.9 Å². The predicted molar refractivity (Wildman–Crippen MR) is 181 cm³/mol. The molecule has 4 rings (SSSR count). The summed E-state index contributed by atoms with van der Waals surface area (Å²) in [5, 5.41) is 15.4. The fraction of sp³-hybridized carbons (Fsp3) is 0.472. The van der Waals surface area contributed by atoms with E-state index in [0.717, 1.165) is 18.4 Å². The quantitative estimate of drug-likeness (QED) is 0.265. The van der Waals surface area contributed by atoms with Gasteiger partial charge in [0.2, 0.25) is 5.91 Å². The molecule has 3 N–H and O–H groups in total. The highest BCUT2D eigenvalue weighted by atomic mass is 19.4. The number of benzene rings is 1. The molecule has 53 heavy (non-hydrogen) atoms. The Bertz CT molecular complexity index is 1680. The summed E-state index contributed by atoms with van der Waals surface area (Å²) in [4.78, 5) is 57.7. The molecular weight excluding hydrogens is 708 g/mol. The van der Waals surface area contributed by atoms with Gasteiger partial charge in [-0.25, -0.2) is 19.0 Å². The van der Waals surface area contributed by atoms with Gasteiger partial charge in [-0.15, -0.1) is 13.2 Å². The number of hydrogen-bond acceptors (Lipinski definition) is 10. The van der Waals surface area contributed by atoms with Gasteiger partial charge in [0, 0.05) is 37.0 Å². The van der Waals surface area contributed by atoms with Crippen LogP contribution < -0.4 is 15.4 Å². The van der Waals surface area contributed by atoms with E-state index in [0.29, 0.717) is 12.0 Å². The van der Waals surface area contributed by atoms with Gasteiger partial charge in [0.25, 0.3) is 5.91 Å². The largest absolute Gasteiger partial charge is 0.573 e. The molecular formula is C36H42F4N4O9. The normalized spacial score (nSPS) is 26.6. The van der Waals surface area contributed by atoms with Crippen LogP contribution in [0.1, 0.15) is 56.4 Å². The first-order valence-electron chi connectivity index (χ1n) is 17.0. The first-order chi connectivity index (χ1) is 25.1. The average Bonchev–Trinajstić information content (AvgIpc) is 3.77. The number of carbonyl (C=O) groups is 4. The maximum absolute atomic E-state index is 14.8. The summed E-state index contributed by atoms with van der Waals surface area (Å²) < 4.78 is 72.7. The van der Waals surface area contributed by atoms with Crippen molar-refractivity contribution in [3.63, 3.8) is 0 Å². The maximum Gasteiger partial charge on any atom is 0.573 e. The number of oxazole rings is 1. The Morgan fingerprint density at radius 1 is 1.19 bits per heavy atom. The van der Waals surface area contributed by atoms with Gasteiger partial charge in [-0.2, -0.15) is 0 Å². The van der Waals surface area contributed by atoms with Crippen molar-refractivity contribution >= 4 is 29.6 Å². The lowest BCUT2D eigenvalue weighted by atomic mass is 9.93. The van der Waals surface area contributed by atoms with Gasteiger partial charge in [-0.05, 0) is 50.1 Å². The van der Waals surface area contributed by atoms with Crippen LogP contribution in [0.3, 0.4) is 0 Å². The SMILES string of the molecule is CC1=C\[C@@H](O)C[C@@H](F)Cc2nc(co2)C(=O)N2CCC[C@@H]2C(=O)O[C@H]([C@@H](C)COC(=O)Nc2ccc(OC(F)(F)F)cc2)[C@H](C)/C=C/C(=O)NC\C=C\1. The molecule has 17 heteroatoms. The predicted octanol–water partition coefficient (Wildman–Crippen LogP) is 5.43. The number of esters is 1. The van der Waals surface area contributed by atoms with E-state index in [1.54, 1.807) is 32.9 Å². The number of carbonyl (C=O) groups excluding carboxylic acids is 4. The van der Waals surface area contributed by atoms with Crippen molar-refractivity contribution < 1.29 is 60.5 Å². The summed E-state index contributed by atoms with van der Waals surface area (Å²) in [6.07, 6.45) is -0.551. The van der Waals surface area contributed by atoms with E-state index >= 15 is 0 Å². The second kappa shape index (κ2) is 18.5. The van der Waals surface area contributed by atoms with Gasteiger partial charge in [0.1, 0.15) is 30.3 Å². The highest BCUT2D eigenvalue weighted by Crippen LogP contribution is 2.27. The molecule has 0 saturated carbocycles.